The molecule has 0 saturated carbocycles. The van der Waals surface area contributed by atoms with Gasteiger partial charge in [0.05, 0.1) is 6.61 Å². The molecule has 2 aliphatic rings. The zero-order valence-corrected chi connectivity index (χ0v) is 30.7. The molecule has 47 heavy (non-hydrogen) atoms. The fourth-order valence-electron chi connectivity index (χ4n) is 6.13. The van der Waals surface area contributed by atoms with Crippen LogP contribution >= 0.6 is 35.0 Å². The molecule has 0 aliphatic carbocycles. The number of nitrogens with one attached hydrogen (secondary N) is 2. The minimum Gasteiger partial charge on any atom is -0.383 e. The Morgan fingerprint density at radius 2 is 1.49 bits per heavy atom. The maximum Gasteiger partial charge on any atom is 0.314 e. The first-order valence-electron chi connectivity index (χ1n) is 16.8. The van der Waals surface area contributed by atoms with Crippen LogP contribution in [0.5, 0.6) is 0 Å². The Bertz CT molecular complexity index is 1370. The number of thioether (sulfide) groups is 1. The van der Waals surface area contributed by atoms with Gasteiger partial charge in [-0.05, 0) is 103 Å². The fraction of sp³-hybridized carbons (Fsp3) is 0.486. The minimum atomic E-state index is -0.107. The lowest BCUT2D eigenvalue weighted by Gasteiger charge is -2.36. The van der Waals surface area contributed by atoms with Crippen molar-refractivity contribution in [3.63, 3.8) is 0 Å². The minimum absolute atomic E-state index is 0.107. The number of carbonyl (C=O) groups excluding carboxylic acids is 1. The third kappa shape index (κ3) is 11.9. The van der Waals surface area contributed by atoms with Gasteiger partial charge >= 0.3 is 6.03 Å². The highest BCUT2D eigenvalue weighted by Crippen LogP contribution is 2.32. The number of nitrogens with zero attached hydrogens (tertiary/aromatic N) is 3. The second kappa shape index (κ2) is 19.5. The van der Waals surface area contributed by atoms with Gasteiger partial charge in [-0.15, -0.1) is 11.8 Å². The van der Waals surface area contributed by atoms with Gasteiger partial charge in [-0.1, -0.05) is 49.2 Å². The van der Waals surface area contributed by atoms with E-state index in [4.69, 9.17) is 27.9 Å². The first-order chi connectivity index (χ1) is 22.9. The van der Waals surface area contributed by atoms with E-state index in [0.29, 0.717) is 16.0 Å². The SMILES string of the molecule is CC.CNC(=O)NCC1CCN(Cc2cc(CSc3ccc(N4CCN(CCOC)CC4)cc3)cc(-c3cc(Cl)cc(Cl)c3)c2)CC1. The summed E-state index contributed by atoms with van der Waals surface area (Å²) in [5, 5.41) is 6.88. The molecule has 3 aromatic carbocycles. The van der Waals surface area contributed by atoms with Crippen LogP contribution in [0.15, 0.2) is 65.6 Å². The van der Waals surface area contributed by atoms with Crippen LogP contribution in [-0.4, -0.2) is 89.0 Å². The molecule has 2 saturated heterocycles. The van der Waals surface area contributed by atoms with E-state index in [-0.39, 0.29) is 6.03 Å². The molecular formula is C37H51Cl2N5O2S. The van der Waals surface area contributed by atoms with Crippen molar-refractivity contribution in [3.05, 3.63) is 81.8 Å². The van der Waals surface area contributed by atoms with Gasteiger partial charge in [0, 0.05) is 86.4 Å². The van der Waals surface area contributed by atoms with Crippen LogP contribution in [0.4, 0.5) is 10.5 Å². The number of piperazine rings is 1. The lowest BCUT2D eigenvalue weighted by atomic mass is 9.95. The van der Waals surface area contributed by atoms with E-state index in [1.165, 1.54) is 21.7 Å². The molecule has 0 radical (unpaired) electrons. The van der Waals surface area contributed by atoms with Crippen LogP contribution in [0, 0.1) is 5.92 Å². The molecule has 2 fully saturated rings. The molecule has 2 amide bonds. The Morgan fingerprint density at radius 1 is 0.851 bits per heavy atom. The van der Waals surface area contributed by atoms with Crippen molar-refractivity contribution in [2.75, 3.05) is 78.0 Å². The summed E-state index contributed by atoms with van der Waals surface area (Å²) in [6, 6.07) is 21.6. The summed E-state index contributed by atoms with van der Waals surface area (Å²) < 4.78 is 5.24. The second-order valence-electron chi connectivity index (χ2n) is 12.0. The molecule has 0 atom stereocenters. The van der Waals surface area contributed by atoms with E-state index in [9.17, 15) is 4.79 Å². The molecule has 2 N–H and O–H groups in total. The molecule has 2 heterocycles. The number of benzene rings is 3. The lowest BCUT2D eigenvalue weighted by molar-refractivity contribution is 0.144. The van der Waals surface area contributed by atoms with Crippen LogP contribution < -0.4 is 15.5 Å². The average Bonchev–Trinajstić information content (AvgIpc) is 3.10. The van der Waals surface area contributed by atoms with E-state index in [2.05, 4.69) is 67.8 Å². The third-order valence-electron chi connectivity index (χ3n) is 8.73. The summed E-state index contributed by atoms with van der Waals surface area (Å²) in [6.07, 6.45) is 2.16. The number of carbonyl (C=O) groups is 1. The number of urea groups is 1. The average molecular weight is 701 g/mol. The first kappa shape index (κ1) is 37.4. The predicted octanol–water partition coefficient (Wildman–Crippen LogP) is 7.89. The summed E-state index contributed by atoms with van der Waals surface area (Å²) in [4.78, 5) is 20.3. The summed E-state index contributed by atoms with van der Waals surface area (Å²) in [7, 11) is 3.42. The largest absolute Gasteiger partial charge is 0.383 e. The van der Waals surface area contributed by atoms with Crippen LogP contribution in [-0.2, 0) is 17.0 Å². The normalized spacial score (nSPS) is 16.0. The van der Waals surface area contributed by atoms with Crippen molar-refractivity contribution in [1.82, 2.24) is 20.4 Å². The van der Waals surface area contributed by atoms with Gasteiger partial charge < -0.3 is 20.3 Å². The smallest absolute Gasteiger partial charge is 0.314 e. The number of halogens is 2. The van der Waals surface area contributed by atoms with Gasteiger partial charge in [-0.2, -0.15) is 0 Å². The van der Waals surface area contributed by atoms with E-state index < -0.39 is 0 Å². The first-order valence-corrected chi connectivity index (χ1v) is 18.6. The van der Waals surface area contributed by atoms with Crippen molar-refractivity contribution in [1.29, 1.82) is 0 Å². The van der Waals surface area contributed by atoms with Crippen molar-refractivity contribution in [2.45, 2.75) is 43.9 Å². The maximum atomic E-state index is 11.6. The highest BCUT2D eigenvalue weighted by molar-refractivity contribution is 7.98. The van der Waals surface area contributed by atoms with Crippen molar-refractivity contribution in [2.24, 2.45) is 5.92 Å². The summed E-state index contributed by atoms with van der Waals surface area (Å²) in [6.45, 7) is 13.7. The Morgan fingerprint density at radius 3 is 2.13 bits per heavy atom. The van der Waals surface area contributed by atoms with Gasteiger partial charge in [0.2, 0.25) is 0 Å². The van der Waals surface area contributed by atoms with E-state index >= 15 is 0 Å². The standard InChI is InChI=1S/C35H45Cl2N5O2S.C2H6/c1-38-35(43)39-23-26-7-9-41(10-8-26)24-27-17-28(19-29(18-27)30-20-31(36)22-32(37)21-30)25-45-34-5-3-33(4-6-34)42-13-11-40(12-14-42)15-16-44-2;1-2/h3-6,17-22,26H,7-16,23-25H2,1-2H3,(H2,38,39,43);1-2H3. The molecule has 5 rings (SSSR count). The number of anilines is 1. The van der Waals surface area contributed by atoms with Crippen molar-refractivity contribution >= 4 is 46.7 Å². The molecule has 0 spiro atoms. The molecule has 7 nitrogen and oxygen atoms in total. The van der Waals surface area contributed by atoms with Gasteiger partial charge in [-0.3, -0.25) is 9.80 Å². The number of rotatable bonds is 12. The third-order valence-corrected chi connectivity index (χ3v) is 10.3. The number of hydrogen-bond donors (Lipinski definition) is 2. The monoisotopic (exact) mass is 699 g/mol. The van der Waals surface area contributed by atoms with Gasteiger partial charge in [-0.25, -0.2) is 4.79 Å². The number of piperidine rings is 1. The number of hydrogen-bond acceptors (Lipinski definition) is 6. The van der Waals surface area contributed by atoms with E-state index in [1.807, 2.05) is 37.7 Å². The van der Waals surface area contributed by atoms with Crippen LogP contribution in [0.25, 0.3) is 11.1 Å². The quantitative estimate of drug-likeness (QED) is 0.188. The zero-order chi connectivity index (χ0) is 33.6. The number of likely N-dealkylation sites (tertiary alicyclic amines) is 1. The zero-order valence-electron chi connectivity index (χ0n) is 28.4. The Labute approximate surface area is 296 Å². The predicted molar refractivity (Wildman–Crippen MR) is 200 cm³/mol. The second-order valence-corrected chi connectivity index (χ2v) is 13.9. The number of amides is 2. The maximum absolute atomic E-state index is 11.6. The topological polar surface area (TPSA) is 60.1 Å². The summed E-state index contributed by atoms with van der Waals surface area (Å²) in [5.41, 5.74) is 6.04. The van der Waals surface area contributed by atoms with Crippen molar-refractivity contribution < 1.29 is 9.53 Å². The molecule has 0 aromatic heterocycles. The summed E-state index contributed by atoms with van der Waals surface area (Å²) in [5.74, 6) is 1.39. The van der Waals surface area contributed by atoms with Crippen molar-refractivity contribution in [3.8, 4) is 11.1 Å². The molecule has 3 aromatic rings. The Kier molecular flexibility index (Phi) is 15.5. The number of ether oxygens (including phenoxy) is 1. The molecule has 0 bridgehead atoms. The Hall–Kier alpha value is -2.46. The molecule has 10 heteroatoms. The van der Waals surface area contributed by atoms with Crippen LogP contribution in [0.2, 0.25) is 10.0 Å². The molecule has 256 valence electrons. The highest BCUT2D eigenvalue weighted by Gasteiger charge is 2.21. The van der Waals surface area contributed by atoms with E-state index in [1.54, 1.807) is 20.2 Å². The van der Waals surface area contributed by atoms with Gasteiger partial charge in [0.15, 0.2) is 0 Å². The fourth-order valence-corrected chi connectivity index (χ4v) is 7.48. The molecular weight excluding hydrogens is 649 g/mol. The van der Waals surface area contributed by atoms with Crippen LogP contribution in [0.3, 0.4) is 0 Å². The van der Waals surface area contributed by atoms with E-state index in [0.717, 1.165) is 95.2 Å². The van der Waals surface area contributed by atoms with Gasteiger partial charge in [0.25, 0.3) is 0 Å². The lowest BCUT2D eigenvalue weighted by Crippen LogP contribution is -2.47. The molecule has 2 aliphatic heterocycles. The molecule has 0 unspecified atom stereocenters. The Balaban J connectivity index is 0.00000245. The summed E-state index contributed by atoms with van der Waals surface area (Å²) >= 11 is 14.7. The van der Waals surface area contributed by atoms with Crippen LogP contribution in [0.1, 0.15) is 37.8 Å². The highest BCUT2D eigenvalue weighted by atomic mass is 35.5. The van der Waals surface area contributed by atoms with Gasteiger partial charge in [0.1, 0.15) is 0 Å². The number of methoxy groups -OCH3 is 1.